The van der Waals surface area contributed by atoms with E-state index in [-0.39, 0.29) is 0 Å². The molecule has 0 aliphatic carbocycles. The first-order valence-corrected chi connectivity index (χ1v) is 6.43. The van der Waals surface area contributed by atoms with Gasteiger partial charge < -0.3 is 5.73 Å². The van der Waals surface area contributed by atoms with E-state index in [0.29, 0.717) is 5.96 Å². The third-order valence-electron chi connectivity index (χ3n) is 2.85. The Hall–Kier alpha value is -1.91. The molecule has 0 bridgehead atoms. The Morgan fingerprint density at radius 2 is 2.11 bits per heavy atom. The molecule has 2 aromatic rings. The summed E-state index contributed by atoms with van der Waals surface area (Å²) < 4.78 is 1.59. The lowest BCUT2D eigenvalue weighted by Crippen LogP contribution is -2.24. The molecule has 1 aromatic carbocycles. The summed E-state index contributed by atoms with van der Waals surface area (Å²) in [6.07, 6.45) is 4.75. The van der Waals surface area contributed by atoms with E-state index in [2.05, 4.69) is 22.2 Å². The highest BCUT2D eigenvalue weighted by atomic mass is 15.5. The van der Waals surface area contributed by atoms with Gasteiger partial charge in [0.2, 0.25) is 5.96 Å². The van der Waals surface area contributed by atoms with Crippen LogP contribution in [0.4, 0.5) is 0 Å². The van der Waals surface area contributed by atoms with Gasteiger partial charge in [0.15, 0.2) is 0 Å². The molecular weight excluding hydrogens is 226 g/mol. The highest BCUT2D eigenvalue weighted by Gasteiger charge is 2.05. The SMILES string of the molecule is CCCCCCN=C(N)n1nnc2ccccc21. The number of hydrogen-bond donors (Lipinski definition) is 1. The van der Waals surface area contributed by atoms with Gasteiger partial charge in [0.25, 0.3) is 0 Å². The molecule has 2 N–H and O–H groups in total. The smallest absolute Gasteiger partial charge is 0.218 e. The van der Waals surface area contributed by atoms with Crippen molar-refractivity contribution in [1.29, 1.82) is 0 Å². The van der Waals surface area contributed by atoms with Crippen molar-refractivity contribution in [2.75, 3.05) is 6.54 Å². The van der Waals surface area contributed by atoms with Crippen LogP contribution in [0.3, 0.4) is 0 Å². The van der Waals surface area contributed by atoms with E-state index >= 15 is 0 Å². The zero-order valence-corrected chi connectivity index (χ0v) is 10.7. The van der Waals surface area contributed by atoms with Crippen LogP contribution in [0.25, 0.3) is 11.0 Å². The van der Waals surface area contributed by atoms with E-state index in [4.69, 9.17) is 5.73 Å². The van der Waals surface area contributed by atoms with Crippen molar-refractivity contribution in [1.82, 2.24) is 15.0 Å². The van der Waals surface area contributed by atoms with Gasteiger partial charge in [-0.05, 0) is 18.6 Å². The molecule has 1 aromatic heterocycles. The molecule has 5 heteroatoms. The predicted octanol–water partition coefficient (Wildman–Crippen LogP) is 2.17. The standard InChI is InChI=1S/C13H19N5/c1-2-3-4-7-10-15-13(14)18-12-9-6-5-8-11(12)16-17-18/h5-6,8-9H,2-4,7,10H2,1H3,(H2,14,15). The predicted molar refractivity (Wildman–Crippen MR) is 73.6 cm³/mol. The average molecular weight is 245 g/mol. The number of para-hydroxylation sites is 1. The molecule has 1 heterocycles. The minimum atomic E-state index is 0.417. The largest absolute Gasteiger partial charge is 0.368 e. The van der Waals surface area contributed by atoms with E-state index in [9.17, 15) is 0 Å². The number of aliphatic imine (C=N–C) groups is 1. The topological polar surface area (TPSA) is 69.1 Å². The molecule has 18 heavy (non-hydrogen) atoms. The first-order chi connectivity index (χ1) is 8.83. The van der Waals surface area contributed by atoms with Crippen molar-refractivity contribution in [2.24, 2.45) is 10.7 Å². The van der Waals surface area contributed by atoms with E-state index in [1.54, 1.807) is 4.68 Å². The number of fused-ring (bicyclic) bond motifs is 1. The third-order valence-corrected chi connectivity index (χ3v) is 2.85. The Balaban J connectivity index is 2.04. The lowest BCUT2D eigenvalue weighted by atomic mass is 10.2. The number of unbranched alkanes of at least 4 members (excludes halogenated alkanes) is 3. The van der Waals surface area contributed by atoms with Crippen molar-refractivity contribution in [3.05, 3.63) is 24.3 Å². The maximum absolute atomic E-state index is 5.93. The van der Waals surface area contributed by atoms with E-state index in [1.165, 1.54) is 19.3 Å². The normalized spacial score (nSPS) is 12.2. The van der Waals surface area contributed by atoms with Gasteiger partial charge in [-0.3, -0.25) is 4.99 Å². The zero-order chi connectivity index (χ0) is 12.8. The van der Waals surface area contributed by atoms with Crippen LogP contribution < -0.4 is 5.73 Å². The molecule has 0 unspecified atom stereocenters. The van der Waals surface area contributed by atoms with Crippen molar-refractivity contribution in [2.45, 2.75) is 32.6 Å². The highest BCUT2D eigenvalue weighted by Crippen LogP contribution is 2.08. The fourth-order valence-electron chi connectivity index (χ4n) is 1.84. The molecule has 0 saturated heterocycles. The number of nitrogens with zero attached hydrogens (tertiary/aromatic N) is 4. The Bertz CT molecular complexity index is 529. The second kappa shape index (κ2) is 6.14. The third kappa shape index (κ3) is 2.85. The lowest BCUT2D eigenvalue weighted by Gasteiger charge is -2.01. The second-order valence-corrected chi connectivity index (χ2v) is 4.29. The van der Waals surface area contributed by atoms with E-state index in [0.717, 1.165) is 24.0 Å². The van der Waals surface area contributed by atoms with Crippen LogP contribution in [-0.2, 0) is 0 Å². The van der Waals surface area contributed by atoms with Gasteiger partial charge >= 0.3 is 0 Å². The van der Waals surface area contributed by atoms with Crippen LogP contribution in [0.1, 0.15) is 32.6 Å². The molecule has 0 spiro atoms. The van der Waals surface area contributed by atoms with Crippen LogP contribution >= 0.6 is 0 Å². The van der Waals surface area contributed by atoms with E-state index in [1.807, 2.05) is 24.3 Å². The van der Waals surface area contributed by atoms with Crippen LogP contribution in [0.2, 0.25) is 0 Å². The Labute approximate surface area is 107 Å². The van der Waals surface area contributed by atoms with Crippen LogP contribution in [0, 0.1) is 0 Å². The van der Waals surface area contributed by atoms with Gasteiger partial charge in [0.1, 0.15) is 5.52 Å². The summed E-state index contributed by atoms with van der Waals surface area (Å²) in [7, 11) is 0. The summed E-state index contributed by atoms with van der Waals surface area (Å²) >= 11 is 0. The van der Waals surface area contributed by atoms with Crippen molar-refractivity contribution in [3.8, 4) is 0 Å². The minimum absolute atomic E-state index is 0.417. The molecule has 0 aliphatic rings. The lowest BCUT2D eigenvalue weighted by molar-refractivity contribution is 0.672. The summed E-state index contributed by atoms with van der Waals surface area (Å²) in [5.74, 6) is 0.417. The Kier molecular flexibility index (Phi) is 4.28. The van der Waals surface area contributed by atoms with Gasteiger partial charge in [-0.25, -0.2) is 0 Å². The first-order valence-electron chi connectivity index (χ1n) is 6.43. The molecular formula is C13H19N5. The monoisotopic (exact) mass is 245 g/mol. The zero-order valence-electron chi connectivity index (χ0n) is 10.7. The number of rotatable bonds is 5. The second-order valence-electron chi connectivity index (χ2n) is 4.29. The van der Waals surface area contributed by atoms with Gasteiger partial charge in [0.05, 0.1) is 5.52 Å². The van der Waals surface area contributed by atoms with Crippen LogP contribution in [-0.4, -0.2) is 27.5 Å². The molecule has 0 atom stereocenters. The van der Waals surface area contributed by atoms with Crippen molar-refractivity contribution in [3.63, 3.8) is 0 Å². The van der Waals surface area contributed by atoms with Crippen LogP contribution in [0.5, 0.6) is 0 Å². The Morgan fingerprint density at radius 3 is 2.94 bits per heavy atom. The molecule has 0 aliphatic heterocycles. The van der Waals surface area contributed by atoms with E-state index < -0.39 is 0 Å². The van der Waals surface area contributed by atoms with Crippen LogP contribution in [0.15, 0.2) is 29.3 Å². The molecule has 5 nitrogen and oxygen atoms in total. The number of benzene rings is 1. The number of hydrogen-bond acceptors (Lipinski definition) is 3. The first kappa shape index (κ1) is 12.5. The minimum Gasteiger partial charge on any atom is -0.368 e. The summed E-state index contributed by atoms with van der Waals surface area (Å²) in [6, 6.07) is 7.72. The molecule has 96 valence electrons. The molecule has 0 fully saturated rings. The molecule has 0 saturated carbocycles. The molecule has 0 radical (unpaired) electrons. The fourth-order valence-corrected chi connectivity index (χ4v) is 1.84. The summed E-state index contributed by atoms with van der Waals surface area (Å²) in [5, 5.41) is 8.07. The van der Waals surface area contributed by atoms with Crippen molar-refractivity contribution >= 4 is 17.0 Å². The van der Waals surface area contributed by atoms with Gasteiger partial charge in [-0.2, -0.15) is 4.68 Å². The summed E-state index contributed by atoms with van der Waals surface area (Å²) in [5.41, 5.74) is 7.66. The molecule has 2 rings (SSSR count). The van der Waals surface area contributed by atoms with Gasteiger partial charge in [-0.1, -0.05) is 43.5 Å². The summed E-state index contributed by atoms with van der Waals surface area (Å²) in [4.78, 5) is 4.34. The maximum Gasteiger partial charge on any atom is 0.218 e. The summed E-state index contributed by atoms with van der Waals surface area (Å²) in [6.45, 7) is 2.94. The maximum atomic E-state index is 5.93. The van der Waals surface area contributed by atoms with Gasteiger partial charge in [-0.15, -0.1) is 5.10 Å². The fraction of sp³-hybridized carbons (Fsp3) is 0.462. The average Bonchev–Trinajstić information content (AvgIpc) is 2.82. The molecule has 0 amide bonds. The quantitative estimate of drug-likeness (QED) is 0.498. The number of nitrogens with two attached hydrogens (primary N) is 1. The van der Waals surface area contributed by atoms with Gasteiger partial charge in [0, 0.05) is 6.54 Å². The van der Waals surface area contributed by atoms with Crippen molar-refractivity contribution < 1.29 is 0 Å². The number of aromatic nitrogens is 3. The Morgan fingerprint density at radius 1 is 1.28 bits per heavy atom. The highest BCUT2D eigenvalue weighted by molar-refractivity contribution is 5.89.